The van der Waals surface area contributed by atoms with E-state index in [-0.39, 0.29) is 16.8 Å². The van der Waals surface area contributed by atoms with Gasteiger partial charge in [0.1, 0.15) is 0 Å². The average Bonchev–Trinajstić information content (AvgIpc) is 2.73. The molecule has 7 heteroatoms. The fourth-order valence-electron chi connectivity index (χ4n) is 2.68. The Kier molecular flexibility index (Phi) is 5.63. The van der Waals surface area contributed by atoms with Crippen molar-refractivity contribution >= 4 is 15.9 Å². The maximum Gasteiger partial charge on any atom is 0.252 e. The first-order valence-electron chi connectivity index (χ1n) is 8.30. The number of amides is 1. The molecule has 6 nitrogen and oxygen atoms in total. The molecule has 1 atom stereocenters. The quantitative estimate of drug-likeness (QED) is 0.687. The Morgan fingerprint density at radius 3 is 2.07 bits per heavy atom. The van der Waals surface area contributed by atoms with Crippen LogP contribution in [0.2, 0.25) is 0 Å². The monoisotopic (exact) mass is 381 g/mol. The summed E-state index contributed by atoms with van der Waals surface area (Å²) in [6.07, 6.45) is 3.35. The third-order valence-electron chi connectivity index (χ3n) is 4.14. The number of nitrogens with one attached hydrogen (secondary N) is 2. The van der Waals surface area contributed by atoms with Crippen LogP contribution in [-0.4, -0.2) is 26.4 Å². The van der Waals surface area contributed by atoms with Gasteiger partial charge in [0.15, 0.2) is 0 Å². The van der Waals surface area contributed by atoms with Crippen molar-refractivity contribution in [2.45, 2.75) is 10.9 Å². The lowest BCUT2D eigenvalue weighted by atomic mass is 9.99. The maximum atomic E-state index is 12.7. The van der Waals surface area contributed by atoms with E-state index >= 15 is 0 Å². The first kappa shape index (κ1) is 18.8. The molecule has 0 aliphatic heterocycles. The Balaban J connectivity index is 1.87. The van der Waals surface area contributed by atoms with Crippen LogP contribution in [0.5, 0.6) is 0 Å². The largest absolute Gasteiger partial charge is 0.341 e. The summed E-state index contributed by atoms with van der Waals surface area (Å²) in [5.41, 5.74) is 2.21. The van der Waals surface area contributed by atoms with Gasteiger partial charge in [0, 0.05) is 18.0 Å². The number of carbonyl (C=O) groups is 1. The Morgan fingerprint density at radius 1 is 0.889 bits per heavy atom. The molecule has 1 aromatic heterocycles. The van der Waals surface area contributed by atoms with Crippen molar-refractivity contribution in [3.8, 4) is 0 Å². The Hall–Kier alpha value is -3.03. The highest BCUT2D eigenvalue weighted by atomic mass is 32.2. The molecule has 27 heavy (non-hydrogen) atoms. The number of nitrogens with zero attached hydrogens (tertiary/aromatic N) is 1. The molecular weight excluding hydrogens is 362 g/mol. The third-order valence-corrected chi connectivity index (χ3v) is 5.57. The van der Waals surface area contributed by atoms with Crippen LogP contribution in [0.25, 0.3) is 0 Å². The number of pyridine rings is 1. The minimum Gasteiger partial charge on any atom is -0.341 e. The zero-order valence-corrected chi connectivity index (χ0v) is 15.5. The third kappa shape index (κ3) is 4.39. The summed E-state index contributed by atoms with van der Waals surface area (Å²) in [6.45, 7) is 0. The van der Waals surface area contributed by atoms with E-state index in [9.17, 15) is 13.2 Å². The smallest absolute Gasteiger partial charge is 0.252 e. The number of carbonyl (C=O) groups excluding carboxylic acids is 1. The predicted molar refractivity (Wildman–Crippen MR) is 103 cm³/mol. The van der Waals surface area contributed by atoms with Gasteiger partial charge >= 0.3 is 0 Å². The lowest BCUT2D eigenvalue weighted by Crippen LogP contribution is -2.29. The van der Waals surface area contributed by atoms with Crippen LogP contribution < -0.4 is 10.0 Å². The van der Waals surface area contributed by atoms with Gasteiger partial charge in [-0.25, -0.2) is 13.1 Å². The number of sulfonamides is 1. The molecule has 0 fully saturated rings. The van der Waals surface area contributed by atoms with Crippen molar-refractivity contribution in [2.24, 2.45) is 0 Å². The molecule has 0 saturated heterocycles. The van der Waals surface area contributed by atoms with E-state index in [1.165, 1.54) is 31.3 Å². The van der Waals surface area contributed by atoms with Crippen molar-refractivity contribution in [1.82, 2.24) is 15.0 Å². The van der Waals surface area contributed by atoms with E-state index in [1.807, 2.05) is 42.5 Å². The van der Waals surface area contributed by atoms with Crippen LogP contribution in [0.3, 0.4) is 0 Å². The van der Waals surface area contributed by atoms with Crippen LogP contribution in [0.4, 0.5) is 0 Å². The fraction of sp³-hybridized carbons (Fsp3) is 0.100. The minimum absolute atomic E-state index is 0.107. The SMILES string of the molecule is CNS(=O)(=O)c1ccc(C(=O)NC(c2ccccc2)c2ccncc2)cc1. The number of hydrogen-bond acceptors (Lipinski definition) is 4. The highest BCUT2D eigenvalue weighted by molar-refractivity contribution is 7.89. The zero-order chi connectivity index (χ0) is 19.3. The lowest BCUT2D eigenvalue weighted by molar-refractivity contribution is 0.0943. The van der Waals surface area contributed by atoms with Gasteiger partial charge in [-0.1, -0.05) is 30.3 Å². The highest BCUT2D eigenvalue weighted by Gasteiger charge is 2.18. The lowest BCUT2D eigenvalue weighted by Gasteiger charge is -2.20. The average molecular weight is 381 g/mol. The van der Waals surface area contributed by atoms with E-state index in [4.69, 9.17) is 0 Å². The molecule has 3 aromatic rings. The summed E-state index contributed by atoms with van der Waals surface area (Å²) in [6, 6.07) is 18.8. The van der Waals surface area contributed by atoms with E-state index < -0.39 is 10.0 Å². The molecular formula is C20H19N3O3S. The second kappa shape index (κ2) is 8.11. The second-order valence-corrected chi connectivity index (χ2v) is 7.72. The molecule has 0 radical (unpaired) electrons. The fourth-order valence-corrected chi connectivity index (χ4v) is 3.41. The van der Waals surface area contributed by atoms with Crippen molar-refractivity contribution in [3.05, 3.63) is 95.8 Å². The van der Waals surface area contributed by atoms with Crippen LogP contribution in [-0.2, 0) is 10.0 Å². The van der Waals surface area contributed by atoms with Gasteiger partial charge < -0.3 is 5.32 Å². The van der Waals surface area contributed by atoms with Gasteiger partial charge in [-0.2, -0.15) is 0 Å². The summed E-state index contributed by atoms with van der Waals surface area (Å²) in [7, 11) is -2.20. The number of aromatic nitrogens is 1. The summed E-state index contributed by atoms with van der Waals surface area (Å²) in [5.74, 6) is -0.297. The standard InChI is InChI=1S/C20H19N3O3S/c1-21-27(25,26)18-9-7-17(8-10-18)20(24)23-19(15-5-3-2-4-6-15)16-11-13-22-14-12-16/h2-14,19,21H,1H3,(H,23,24). The van der Waals surface area contributed by atoms with Gasteiger partial charge in [-0.3, -0.25) is 9.78 Å². The molecule has 1 amide bonds. The van der Waals surface area contributed by atoms with Crippen LogP contribution in [0.1, 0.15) is 27.5 Å². The van der Waals surface area contributed by atoms with Crippen molar-refractivity contribution < 1.29 is 13.2 Å². The molecule has 2 aromatic carbocycles. The van der Waals surface area contributed by atoms with Gasteiger partial charge in [-0.15, -0.1) is 0 Å². The van der Waals surface area contributed by atoms with E-state index in [1.54, 1.807) is 12.4 Å². The van der Waals surface area contributed by atoms with Gasteiger partial charge in [0.2, 0.25) is 10.0 Å². The molecule has 1 heterocycles. The van der Waals surface area contributed by atoms with E-state index in [2.05, 4.69) is 15.0 Å². The van der Waals surface area contributed by atoms with Gasteiger partial charge in [0.05, 0.1) is 10.9 Å². The van der Waals surface area contributed by atoms with Crippen molar-refractivity contribution in [2.75, 3.05) is 7.05 Å². The maximum absolute atomic E-state index is 12.7. The molecule has 138 valence electrons. The Bertz CT molecular complexity index is 966. The summed E-state index contributed by atoms with van der Waals surface area (Å²) in [4.78, 5) is 16.9. The Labute approximate surface area is 158 Å². The Morgan fingerprint density at radius 2 is 1.48 bits per heavy atom. The summed E-state index contributed by atoms with van der Waals surface area (Å²) < 4.78 is 25.9. The number of rotatable bonds is 6. The predicted octanol–water partition coefficient (Wildman–Crippen LogP) is 2.51. The molecule has 0 aliphatic rings. The van der Waals surface area contributed by atoms with Gasteiger partial charge in [-0.05, 0) is 54.6 Å². The van der Waals surface area contributed by atoms with Crippen LogP contribution in [0, 0.1) is 0 Å². The molecule has 0 saturated carbocycles. The van der Waals surface area contributed by atoms with Crippen LogP contribution in [0.15, 0.2) is 84.0 Å². The first-order chi connectivity index (χ1) is 13.0. The van der Waals surface area contributed by atoms with E-state index in [0.717, 1.165) is 11.1 Å². The highest BCUT2D eigenvalue weighted by Crippen LogP contribution is 2.22. The first-order valence-corrected chi connectivity index (χ1v) is 9.79. The van der Waals surface area contributed by atoms with Crippen LogP contribution >= 0.6 is 0 Å². The summed E-state index contributed by atoms with van der Waals surface area (Å²) in [5, 5.41) is 3.01. The molecule has 0 aliphatic carbocycles. The van der Waals surface area contributed by atoms with Crippen molar-refractivity contribution in [3.63, 3.8) is 0 Å². The second-order valence-electron chi connectivity index (χ2n) is 5.83. The molecule has 3 rings (SSSR count). The molecule has 2 N–H and O–H groups in total. The molecule has 1 unspecified atom stereocenters. The summed E-state index contributed by atoms with van der Waals surface area (Å²) >= 11 is 0. The van der Waals surface area contributed by atoms with E-state index in [0.29, 0.717) is 5.56 Å². The minimum atomic E-state index is -3.54. The van der Waals surface area contributed by atoms with Crippen molar-refractivity contribution in [1.29, 1.82) is 0 Å². The normalized spacial score (nSPS) is 12.3. The number of hydrogen-bond donors (Lipinski definition) is 2. The number of benzene rings is 2. The van der Waals surface area contributed by atoms with Gasteiger partial charge in [0.25, 0.3) is 5.91 Å². The topological polar surface area (TPSA) is 88.2 Å². The molecule has 0 spiro atoms. The molecule has 0 bridgehead atoms. The zero-order valence-electron chi connectivity index (χ0n) is 14.7.